The van der Waals surface area contributed by atoms with E-state index in [9.17, 15) is 9.59 Å². The lowest BCUT2D eigenvalue weighted by atomic mass is 9.86. The van der Waals surface area contributed by atoms with Gasteiger partial charge in [-0.1, -0.05) is 62.4 Å². The van der Waals surface area contributed by atoms with Crippen LogP contribution in [0.1, 0.15) is 50.5 Å². The Kier molecular flexibility index (Phi) is 7.51. The number of hydroxylamine groups is 1. The molecule has 1 N–H and O–H groups in total. The lowest BCUT2D eigenvalue weighted by Crippen LogP contribution is -2.51. The molecule has 1 aromatic carbocycles. The average Bonchev–Trinajstić information content (AvgIpc) is 2.72. The van der Waals surface area contributed by atoms with Gasteiger partial charge in [0.1, 0.15) is 0 Å². The maximum atomic E-state index is 12.2. The predicted octanol–water partition coefficient (Wildman–Crippen LogP) is 3.33. The first kappa shape index (κ1) is 19.7. The fraction of sp³-hybridized carbons (Fsp3) is 0.619. The van der Waals surface area contributed by atoms with E-state index in [-0.39, 0.29) is 12.0 Å². The van der Waals surface area contributed by atoms with Crippen molar-refractivity contribution in [3.63, 3.8) is 0 Å². The molecule has 0 unspecified atom stereocenters. The van der Waals surface area contributed by atoms with Gasteiger partial charge in [-0.15, -0.1) is 0 Å². The molecular weight excluding hydrogens is 342 g/mol. The smallest absolute Gasteiger partial charge is 0.339 e. The molecule has 6 nitrogen and oxygen atoms in total. The van der Waals surface area contributed by atoms with Crippen molar-refractivity contribution in [3.05, 3.63) is 35.9 Å². The van der Waals surface area contributed by atoms with Gasteiger partial charge in [-0.25, -0.2) is 9.59 Å². The SMILES string of the molecule is O=C(CCC1CCCCC1)ONC(=O)N1CCN(Cc2ccccc2)CC1. The fourth-order valence-electron chi connectivity index (χ4n) is 3.96. The van der Waals surface area contributed by atoms with E-state index in [1.54, 1.807) is 4.90 Å². The highest BCUT2D eigenvalue weighted by Crippen LogP contribution is 2.27. The van der Waals surface area contributed by atoms with E-state index in [4.69, 9.17) is 4.84 Å². The summed E-state index contributed by atoms with van der Waals surface area (Å²) in [6.07, 6.45) is 7.54. The molecule has 3 rings (SSSR count). The first-order chi connectivity index (χ1) is 13.2. The van der Waals surface area contributed by atoms with Crippen molar-refractivity contribution >= 4 is 12.0 Å². The highest BCUT2D eigenvalue weighted by atomic mass is 16.7. The number of hydrogen-bond acceptors (Lipinski definition) is 4. The highest BCUT2D eigenvalue weighted by Gasteiger charge is 2.22. The number of amides is 2. The number of nitrogens with one attached hydrogen (secondary N) is 1. The normalized spacial score (nSPS) is 18.9. The van der Waals surface area contributed by atoms with Crippen molar-refractivity contribution in [2.75, 3.05) is 26.2 Å². The highest BCUT2D eigenvalue weighted by molar-refractivity contribution is 5.76. The number of benzene rings is 1. The maximum absolute atomic E-state index is 12.2. The zero-order chi connectivity index (χ0) is 18.9. The summed E-state index contributed by atoms with van der Waals surface area (Å²) < 4.78 is 0. The molecule has 1 aliphatic heterocycles. The summed E-state index contributed by atoms with van der Waals surface area (Å²) in [5.74, 6) is 0.302. The Bertz CT molecular complexity index is 594. The van der Waals surface area contributed by atoms with Gasteiger partial charge in [-0.3, -0.25) is 4.90 Å². The van der Waals surface area contributed by atoms with Crippen LogP contribution in [0.15, 0.2) is 30.3 Å². The molecule has 2 aliphatic rings. The second-order valence-corrected chi connectivity index (χ2v) is 7.67. The molecule has 1 saturated carbocycles. The van der Waals surface area contributed by atoms with Crippen LogP contribution >= 0.6 is 0 Å². The minimum atomic E-state index is -0.336. The van der Waals surface area contributed by atoms with E-state index in [1.807, 2.05) is 18.2 Å². The molecule has 1 aliphatic carbocycles. The number of piperazine rings is 1. The third kappa shape index (κ3) is 6.54. The number of carbonyl (C=O) groups is 2. The van der Waals surface area contributed by atoms with E-state index >= 15 is 0 Å². The van der Waals surface area contributed by atoms with Crippen molar-refractivity contribution < 1.29 is 14.4 Å². The Morgan fingerprint density at radius 3 is 2.41 bits per heavy atom. The summed E-state index contributed by atoms with van der Waals surface area (Å²) in [6, 6.07) is 10.0. The van der Waals surface area contributed by atoms with Gasteiger partial charge < -0.3 is 9.74 Å². The molecule has 0 bridgehead atoms. The first-order valence-electron chi connectivity index (χ1n) is 10.2. The lowest BCUT2D eigenvalue weighted by molar-refractivity contribution is -0.149. The van der Waals surface area contributed by atoms with Crippen LogP contribution in [-0.2, 0) is 16.2 Å². The van der Waals surface area contributed by atoms with Gasteiger partial charge in [0.2, 0.25) is 0 Å². The Hall–Kier alpha value is -2.08. The van der Waals surface area contributed by atoms with Gasteiger partial charge in [0.15, 0.2) is 0 Å². The van der Waals surface area contributed by atoms with Gasteiger partial charge in [0, 0.05) is 39.1 Å². The quantitative estimate of drug-likeness (QED) is 0.804. The molecule has 0 aromatic heterocycles. The van der Waals surface area contributed by atoms with Crippen molar-refractivity contribution in [2.24, 2.45) is 5.92 Å². The molecule has 2 amide bonds. The van der Waals surface area contributed by atoms with E-state index < -0.39 is 0 Å². The molecule has 1 aromatic rings. The monoisotopic (exact) mass is 373 g/mol. The second kappa shape index (κ2) is 10.3. The summed E-state index contributed by atoms with van der Waals surface area (Å²) in [5, 5.41) is 0. The Balaban J connectivity index is 1.30. The third-order valence-electron chi connectivity index (χ3n) is 5.64. The molecule has 1 saturated heterocycles. The lowest BCUT2D eigenvalue weighted by Gasteiger charge is -2.34. The number of rotatable bonds is 5. The van der Waals surface area contributed by atoms with E-state index in [1.165, 1.54) is 37.7 Å². The second-order valence-electron chi connectivity index (χ2n) is 7.67. The van der Waals surface area contributed by atoms with Crippen LogP contribution in [0.4, 0.5) is 4.79 Å². The van der Waals surface area contributed by atoms with Gasteiger partial charge in [-0.2, -0.15) is 5.48 Å². The Morgan fingerprint density at radius 2 is 1.70 bits per heavy atom. The van der Waals surface area contributed by atoms with Crippen LogP contribution in [0.25, 0.3) is 0 Å². The molecular formula is C21H31N3O3. The molecule has 0 atom stereocenters. The minimum absolute atomic E-state index is 0.319. The van der Waals surface area contributed by atoms with Crippen LogP contribution in [0, 0.1) is 5.92 Å². The molecule has 6 heteroatoms. The maximum Gasteiger partial charge on any atom is 0.350 e. The average molecular weight is 373 g/mol. The summed E-state index contributed by atoms with van der Waals surface area (Å²) >= 11 is 0. The molecule has 0 spiro atoms. The van der Waals surface area contributed by atoms with Gasteiger partial charge in [-0.05, 0) is 17.9 Å². The zero-order valence-electron chi connectivity index (χ0n) is 16.1. The summed E-state index contributed by atoms with van der Waals surface area (Å²) in [4.78, 5) is 33.1. The first-order valence-corrected chi connectivity index (χ1v) is 10.2. The van der Waals surface area contributed by atoms with E-state index in [0.717, 1.165) is 26.1 Å². The molecule has 27 heavy (non-hydrogen) atoms. The number of hydrogen-bond donors (Lipinski definition) is 1. The summed E-state index contributed by atoms with van der Waals surface area (Å²) in [5.41, 5.74) is 3.60. The van der Waals surface area contributed by atoms with Gasteiger partial charge in [0.25, 0.3) is 0 Å². The number of carbonyl (C=O) groups excluding carboxylic acids is 2. The van der Waals surface area contributed by atoms with Crippen LogP contribution < -0.4 is 5.48 Å². The van der Waals surface area contributed by atoms with Crippen molar-refractivity contribution in [1.82, 2.24) is 15.3 Å². The fourth-order valence-corrected chi connectivity index (χ4v) is 3.96. The number of urea groups is 1. The van der Waals surface area contributed by atoms with Crippen LogP contribution in [0.5, 0.6) is 0 Å². The number of nitrogens with zero attached hydrogens (tertiary/aromatic N) is 2. The predicted molar refractivity (Wildman–Crippen MR) is 104 cm³/mol. The van der Waals surface area contributed by atoms with Crippen LogP contribution in [0.2, 0.25) is 0 Å². The van der Waals surface area contributed by atoms with Gasteiger partial charge >= 0.3 is 12.0 Å². The topological polar surface area (TPSA) is 61.9 Å². The molecule has 1 heterocycles. The minimum Gasteiger partial charge on any atom is -0.339 e. The Morgan fingerprint density at radius 1 is 1.00 bits per heavy atom. The van der Waals surface area contributed by atoms with Gasteiger partial charge in [0.05, 0.1) is 0 Å². The standard InChI is InChI=1S/C21H31N3O3/c25-20(12-11-18-7-3-1-4-8-18)27-22-21(26)24-15-13-23(14-16-24)17-19-9-5-2-6-10-19/h2,5-6,9-10,18H,1,3-4,7-8,11-17H2,(H,22,26). The van der Waals surface area contributed by atoms with Crippen molar-refractivity contribution in [3.8, 4) is 0 Å². The van der Waals surface area contributed by atoms with Crippen molar-refractivity contribution in [1.29, 1.82) is 0 Å². The molecule has 148 valence electrons. The zero-order valence-corrected chi connectivity index (χ0v) is 16.1. The van der Waals surface area contributed by atoms with Crippen LogP contribution in [-0.4, -0.2) is 48.0 Å². The van der Waals surface area contributed by atoms with Crippen LogP contribution in [0.3, 0.4) is 0 Å². The molecule has 0 radical (unpaired) electrons. The summed E-state index contributed by atoms with van der Waals surface area (Å²) in [7, 11) is 0. The van der Waals surface area contributed by atoms with E-state index in [0.29, 0.717) is 25.4 Å². The summed E-state index contributed by atoms with van der Waals surface area (Å²) in [6.45, 7) is 3.80. The largest absolute Gasteiger partial charge is 0.350 e. The third-order valence-corrected chi connectivity index (χ3v) is 5.64. The van der Waals surface area contributed by atoms with Crippen molar-refractivity contribution in [2.45, 2.75) is 51.5 Å². The Labute approximate surface area is 161 Å². The van der Waals surface area contributed by atoms with E-state index in [2.05, 4.69) is 22.5 Å². The molecule has 2 fully saturated rings.